The zero-order chi connectivity index (χ0) is 15.7. The van der Waals surface area contributed by atoms with Crippen LogP contribution in [0.25, 0.3) is 11.0 Å². The van der Waals surface area contributed by atoms with Crippen molar-refractivity contribution in [3.63, 3.8) is 0 Å². The third kappa shape index (κ3) is 2.51. The summed E-state index contributed by atoms with van der Waals surface area (Å²) in [5, 5.41) is 17.7. The first-order valence-corrected chi connectivity index (χ1v) is 7.14. The van der Waals surface area contributed by atoms with Crippen LogP contribution in [0, 0.1) is 18.3 Å². The number of nitrogens with one attached hydrogen (secondary N) is 1. The van der Waals surface area contributed by atoms with Crippen molar-refractivity contribution < 1.29 is 0 Å². The molecular weight excluding hydrogens is 274 g/mol. The third-order valence-corrected chi connectivity index (χ3v) is 3.79. The van der Waals surface area contributed by atoms with Gasteiger partial charge in [-0.1, -0.05) is 12.1 Å². The summed E-state index contributed by atoms with van der Waals surface area (Å²) in [6, 6.07) is 11.9. The minimum atomic E-state index is 0.129. The number of rotatable bonds is 3. The number of nitrogens with zero attached hydrogens (tertiary/aromatic N) is 4. The number of nitriles is 1. The second-order valence-corrected chi connectivity index (χ2v) is 5.40. The number of fused-ring (bicyclic) bond motifs is 1. The van der Waals surface area contributed by atoms with Crippen LogP contribution in [0.5, 0.6) is 0 Å². The van der Waals surface area contributed by atoms with E-state index in [1.807, 2.05) is 44.4 Å². The Morgan fingerprint density at radius 3 is 2.68 bits per heavy atom. The maximum absolute atomic E-state index is 8.85. The number of pyridine rings is 1. The SMILES string of the molecule is Cc1nn(C)c2ncc(N[C@H](C)c3ccc(C#N)cc3)cc12. The number of aromatic nitrogens is 3. The fraction of sp³-hybridized carbons (Fsp3) is 0.235. The van der Waals surface area contributed by atoms with Crippen molar-refractivity contribution in [1.82, 2.24) is 14.8 Å². The monoisotopic (exact) mass is 291 g/mol. The van der Waals surface area contributed by atoms with Crippen LogP contribution >= 0.6 is 0 Å². The van der Waals surface area contributed by atoms with Crippen molar-refractivity contribution >= 4 is 16.7 Å². The highest BCUT2D eigenvalue weighted by atomic mass is 15.3. The molecule has 22 heavy (non-hydrogen) atoms. The molecule has 0 bridgehead atoms. The molecule has 0 aliphatic rings. The Balaban J connectivity index is 1.85. The Hall–Kier alpha value is -2.87. The van der Waals surface area contributed by atoms with Gasteiger partial charge in [-0.2, -0.15) is 10.4 Å². The average Bonchev–Trinajstić information content (AvgIpc) is 2.81. The Labute approximate surface area is 129 Å². The van der Waals surface area contributed by atoms with Gasteiger partial charge in [0.15, 0.2) is 5.65 Å². The van der Waals surface area contributed by atoms with E-state index >= 15 is 0 Å². The van der Waals surface area contributed by atoms with Gasteiger partial charge in [0.1, 0.15) is 0 Å². The zero-order valence-electron chi connectivity index (χ0n) is 12.8. The van der Waals surface area contributed by atoms with E-state index in [0.717, 1.165) is 28.0 Å². The maximum atomic E-state index is 8.85. The molecule has 0 saturated carbocycles. The van der Waals surface area contributed by atoms with E-state index in [1.54, 1.807) is 4.68 Å². The quantitative estimate of drug-likeness (QED) is 0.804. The summed E-state index contributed by atoms with van der Waals surface area (Å²) >= 11 is 0. The zero-order valence-corrected chi connectivity index (χ0v) is 12.8. The molecule has 2 heterocycles. The van der Waals surface area contributed by atoms with Gasteiger partial charge >= 0.3 is 0 Å². The van der Waals surface area contributed by atoms with Gasteiger partial charge in [0.2, 0.25) is 0 Å². The van der Waals surface area contributed by atoms with E-state index in [0.29, 0.717) is 5.56 Å². The summed E-state index contributed by atoms with van der Waals surface area (Å²) in [6.45, 7) is 4.07. The standard InChI is InChI=1S/C17H17N5/c1-11(14-6-4-13(9-18)5-7-14)20-15-8-16-12(2)21-22(3)17(16)19-10-15/h4-8,10-11,20H,1-3H3/t11-/m1/s1. The van der Waals surface area contributed by atoms with E-state index in [1.165, 1.54) is 0 Å². The van der Waals surface area contributed by atoms with Gasteiger partial charge < -0.3 is 5.32 Å². The van der Waals surface area contributed by atoms with Crippen LogP contribution < -0.4 is 5.32 Å². The minimum absolute atomic E-state index is 0.129. The molecule has 1 aromatic carbocycles. The smallest absolute Gasteiger partial charge is 0.157 e. The van der Waals surface area contributed by atoms with Crippen LogP contribution in [0.4, 0.5) is 5.69 Å². The van der Waals surface area contributed by atoms with E-state index in [9.17, 15) is 0 Å². The minimum Gasteiger partial charge on any atom is -0.377 e. The van der Waals surface area contributed by atoms with Gasteiger partial charge in [-0.25, -0.2) is 4.98 Å². The number of hydrogen-bond donors (Lipinski definition) is 1. The number of hydrogen-bond acceptors (Lipinski definition) is 4. The highest BCUT2D eigenvalue weighted by Crippen LogP contribution is 2.23. The second kappa shape index (κ2) is 5.49. The largest absolute Gasteiger partial charge is 0.377 e. The molecule has 0 unspecified atom stereocenters. The fourth-order valence-electron chi connectivity index (χ4n) is 2.57. The van der Waals surface area contributed by atoms with Crippen molar-refractivity contribution in [3.05, 3.63) is 53.3 Å². The van der Waals surface area contributed by atoms with Gasteiger partial charge in [0.05, 0.1) is 29.2 Å². The molecule has 0 fully saturated rings. The van der Waals surface area contributed by atoms with Crippen molar-refractivity contribution in [3.8, 4) is 6.07 Å². The maximum Gasteiger partial charge on any atom is 0.157 e. The van der Waals surface area contributed by atoms with Crippen LogP contribution in [0.15, 0.2) is 36.5 Å². The van der Waals surface area contributed by atoms with Crippen molar-refractivity contribution in [1.29, 1.82) is 5.26 Å². The summed E-state index contributed by atoms with van der Waals surface area (Å²) in [4.78, 5) is 4.47. The topological polar surface area (TPSA) is 66.5 Å². The molecule has 0 amide bonds. The number of aryl methyl sites for hydroxylation is 2. The predicted octanol–water partition coefficient (Wildman–Crippen LogP) is 3.32. The summed E-state index contributed by atoms with van der Waals surface area (Å²) in [7, 11) is 1.90. The van der Waals surface area contributed by atoms with Gasteiger partial charge in [-0.15, -0.1) is 0 Å². The lowest BCUT2D eigenvalue weighted by atomic mass is 10.1. The molecular formula is C17H17N5. The van der Waals surface area contributed by atoms with E-state index in [4.69, 9.17) is 5.26 Å². The molecule has 0 spiro atoms. The predicted molar refractivity (Wildman–Crippen MR) is 86.4 cm³/mol. The highest BCUT2D eigenvalue weighted by Gasteiger charge is 2.09. The first-order chi connectivity index (χ1) is 10.6. The first kappa shape index (κ1) is 14.1. The lowest BCUT2D eigenvalue weighted by molar-refractivity contribution is 0.773. The molecule has 3 rings (SSSR count). The molecule has 5 heteroatoms. The lowest BCUT2D eigenvalue weighted by Gasteiger charge is -2.15. The van der Waals surface area contributed by atoms with Crippen LogP contribution in [0.1, 0.15) is 29.8 Å². The lowest BCUT2D eigenvalue weighted by Crippen LogP contribution is -2.07. The van der Waals surface area contributed by atoms with Gasteiger partial charge in [0, 0.05) is 18.5 Å². The van der Waals surface area contributed by atoms with Crippen molar-refractivity contribution in [2.24, 2.45) is 7.05 Å². The molecule has 110 valence electrons. The molecule has 0 aliphatic heterocycles. The summed E-state index contributed by atoms with van der Waals surface area (Å²) in [6.07, 6.45) is 1.82. The number of anilines is 1. The summed E-state index contributed by atoms with van der Waals surface area (Å²) < 4.78 is 1.79. The Morgan fingerprint density at radius 2 is 2.00 bits per heavy atom. The van der Waals surface area contributed by atoms with Crippen molar-refractivity contribution in [2.45, 2.75) is 19.9 Å². The Morgan fingerprint density at radius 1 is 1.27 bits per heavy atom. The van der Waals surface area contributed by atoms with Gasteiger partial charge in [0.25, 0.3) is 0 Å². The van der Waals surface area contributed by atoms with Gasteiger partial charge in [-0.3, -0.25) is 4.68 Å². The van der Waals surface area contributed by atoms with E-state index < -0.39 is 0 Å². The normalized spacial score (nSPS) is 12.1. The first-order valence-electron chi connectivity index (χ1n) is 7.14. The summed E-state index contributed by atoms with van der Waals surface area (Å²) in [5.74, 6) is 0. The Bertz CT molecular complexity index is 855. The second-order valence-electron chi connectivity index (χ2n) is 5.40. The van der Waals surface area contributed by atoms with Crippen LogP contribution in [0.3, 0.4) is 0 Å². The molecule has 0 radical (unpaired) electrons. The molecule has 0 saturated heterocycles. The fourth-order valence-corrected chi connectivity index (χ4v) is 2.57. The third-order valence-electron chi connectivity index (χ3n) is 3.79. The summed E-state index contributed by atoms with van der Waals surface area (Å²) in [5.41, 5.74) is 4.61. The molecule has 1 N–H and O–H groups in total. The Kier molecular flexibility index (Phi) is 3.51. The van der Waals surface area contributed by atoms with Crippen LogP contribution in [-0.4, -0.2) is 14.8 Å². The molecule has 3 aromatic rings. The van der Waals surface area contributed by atoms with Gasteiger partial charge in [-0.05, 0) is 37.6 Å². The number of benzene rings is 1. The molecule has 1 atom stereocenters. The molecule has 5 nitrogen and oxygen atoms in total. The highest BCUT2D eigenvalue weighted by molar-refractivity contribution is 5.81. The van der Waals surface area contributed by atoms with Crippen LogP contribution in [-0.2, 0) is 7.05 Å². The molecule has 0 aliphatic carbocycles. The van der Waals surface area contributed by atoms with Crippen LogP contribution in [0.2, 0.25) is 0 Å². The molecule has 2 aromatic heterocycles. The van der Waals surface area contributed by atoms with E-state index in [2.05, 4.69) is 34.5 Å². The van der Waals surface area contributed by atoms with Crippen molar-refractivity contribution in [2.75, 3.05) is 5.32 Å². The van der Waals surface area contributed by atoms with E-state index in [-0.39, 0.29) is 6.04 Å². The average molecular weight is 291 g/mol.